The Hall–Kier alpha value is -2.59. The van der Waals surface area contributed by atoms with Crippen molar-refractivity contribution < 1.29 is 9.21 Å². The van der Waals surface area contributed by atoms with Gasteiger partial charge < -0.3 is 9.73 Å². The number of oxazole rings is 1. The molecule has 1 heterocycles. The van der Waals surface area contributed by atoms with Gasteiger partial charge in [0.15, 0.2) is 11.7 Å². The number of aromatic nitrogens is 1. The van der Waals surface area contributed by atoms with E-state index in [0.717, 1.165) is 11.1 Å². The molecule has 0 spiro atoms. The highest BCUT2D eigenvalue weighted by Crippen LogP contribution is 2.28. The van der Waals surface area contributed by atoms with Crippen LogP contribution in [0.15, 0.2) is 65.2 Å². The summed E-state index contributed by atoms with van der Waals surface area (Å²) < 4.78 is 5.69. The van der Waals surface area contributed by atoms with E-state index in [1.54, 1.807) is 12.3 Å². The molecule has 0 aliphatic rings. The summed E-state index contributed by atoms with van der Waals surface area (Å²) in [6.07, 6.45) is 2.42. The van der Waals surface area contributed by atoms with Crippen molar-refractivity contribution in [2.75, 3.05) is 0 Å². The highest BCUT2D eigenvalue weighted by atomic mass is 35.5. The topological polar surface area (TPSA) is 55.1 Å². The van der Waals surface area contributed by atoms with Crippen LogP contribution < -0.4 is 5.32 Å². The van der Waals surface area contributed by atoms with E-state index in [9.17, 15) is 4.79 Å². The Morgan fingerprint density at radius 2 is 1.83 bits per heavy atom. The maximum atomic E-state index is 11.9. The molecule has 0 bridgehead atoms. The first-order valence-corrected chi connectivity index (χ1v) is 8.10. The SMILES string of the molecule is O=C(CCc1ncc(-c2ccccc2Cl)o1)NCc1ccccc1. The van der Waals surface area contributed by atoms with Crippen LogP contribution in [0.5, 0.6) is 0 Å². The molecule has 4 nitrogen and oxygen atoms in total. The van der Waals surface area contributed by atoms with Gasteiger partial charge in [0, 0.05) is 24.9 Å². The standard InChI is InChI=1S/C19H17ClN2O2/c20-16-9-5-4-8-15(16)17-13-22-19(24-17)11-10-18(23)21-12-14-6-2-1-3-7-14/h1-9,13H,10-12H2,(H,21,23). The minimum atomic E-state index is -0.0312. The molecule has 0 aliphatic heterocycles. The van der Waals surface area contributed by atoms with Crippen molar-refractivity contribution in [3.8, 4) is 11.3 Å². The summed E-state index contributed by atoms with van der Waals surface area (Å²) in [5, 5.41) is 3.50. The van der Waals surface area contributed by atoms with Crippen molar-refractivity contribution in [1.82, 2.24) is 10.3 Å². The largest absolute Gasteiger partial charge is 0.441 e. The van der Waals surface area contributed by atoms with Gasteiger partial charge in [0.25, 0.3) is 0 Å². The number of rotatable bonds is 6. The van der Waals surface area contributed by atoms with Crippen molar-refractivity contribution in [1.29, 1.82) is 0 Å². The minimum absolute atomic E-state index is 0.0312. The van der Waals surface area contributed by atoms with E-state index in [1.807, 2.05) is 48.5 Å². The van der Waals surface area contributed by atoms with Crippen LogP contribution in [0.25, 0.3) is 11.3 Å². The van der Waals surface area contributed by atoms with Crippen molar-refractivity contribution >= 4 is 17.5 Å². The molecule has 0 unspecified atom stereocenters. The number of halogens is 1. The zero-order chi connectivity index (χ0) is 16.8. The van der Waals surface area contributed by atoms with Gasteiger partial charge in [-0.15, -0.1) is 0 Å². The fraction of sp³-hybridized carbons (Fsp3) is 0.158. The molecule has 0 aliphatic carbocycles. The maximum Gasteiger partial charge on any atom is 0.220 e. The lowest BCUT2D eigenvalue weighted by Crippen LogP contribution is -2.22. The van der Waals surface area contributed by atoms with E-state index in [4.69, 9.17) is 16.0 Å². The molecule has 0 atom stereocenters. The molecule has 24 heavy (non-hydrogen) atoms. The Bertz CT molecular complexity index is 815. The first-order valence-electron chi connectivity index (χ1n) is 7.72. The van der Waals surface area contributed by atoms with Gasteiger partial charge in [-0.25, -0.2) is 4.98 Å². The minimum Gasteiger partial charge on any atom is -0.441 e. The third-order valence-electron chi connectivity index (χ3n) is 3.59. The molecule has 0 fully saturated rings. The van der Waals surface area contributed by atoms with Gasteiger partial charge in [0.2, 0.25) is 5.91 Å². The number of benzene rings is 2. The molecule has 3 rings (SSSR count). The first-order chi connectivity index (χ1) is 11.7. The normalized spacial score (nSPS) is 10.5. The predicted octanol–water partition coefficient (Wildman–Crippen LogP) is 4.24. The molecular weight excluding hydrogens is 324 g/mol. The van der Waals surface area contributed by atoms with Crippen LogP contribution in [0.3, 0.4) is 0 Å². The van der Waals surface area contributed by atoms with Gasteiger partial charge in [-0.2, -0.15) is 0 Å². The van der Waals surface area contributed by atoms with Gasteiger partial charge in [-0.3, -0.25) is 4.79 Å². The number of carbonyl (C=O) groups excluding carboxylic acids is 1. The van der Waals surface area contributed by atoms with E-state index in [0.29, 0.717) is 36.1 Å². The van der Waals surface area contributed by atoms with Gasteiger partial charge in [-0.1, -0.05) is 54.1 Å². The number of aryl methyl sites for hydroxylation is 1. The lowest BCUT2D eigenvalue weighted by atomic mass is 10.2. The van der Waals surface area contributed by atoms with E-state index in [2.05, 4.69) is 10.3 Å². The molecule has 5 heteroatoms. The molecule has 0 radical (unpaired) electrons. The van der Waals surface area contributed by atoms with Crippen molar-refractivity contribution in [2.24, 2.45) is 0 Å². The van der Waals surface area contributed by atoms with Gasteiger partial charge in [0.1, 0.15) is 0 Å². The van der Waals surface area contributed by atoms with Crippen molar-refractivity contribution in [2.45, 2.75) is 19.4 Å². The van der Waals surface area contributed by atoms with Crippen LogP contribution in [0.1, 0.15) is 17.9 Å². The van der Waals surface area contributed by atoms with Crippen LogP contribution in [-0.2, 0) is 17.8 Å². The zero-order valence-electron chi connectivity index (χ0n) is 13.0. The molecule has 2 aromatic carbocycles. The summed E-state index contributed by atoms with van der Waals surface area (Å²) in [4.78, 5) is 16.1. The molecule has 122 valence electrons. The highest BCUT2D eigenvalue weighted by molar-refractivity contribution is 6.33. The number of nitrogens with zero attached hydrogens (tertiary/aromatic N) is 1. The number of hydrogen-bond donors (Lipinski definition) is 1. The number of carbonyl (C=O) groups is 1. The van der Waals surface area contributed by atoms with Gasteiger partial charge in [0.05, 0.1) is 11.2 Å². The summed E-state index contributed by atoms with van der Waals surface area (Å²) in [6, 6.07) is 17.2. The smallest absolute Gasteiger partial charge is 0.220 e. The zero-order valence-corrected chi connectivity index (χ0v) is 13.8. The molecule has 1 aromatic heterocycles. The maximum absolute atomic E-state index is 11.9. The summed E-state index contributed by atoms with van der Waals surface area (Å²) in [6.45, 7) is 0.524. The quantitative estimate of drug-likeness (QED) is 0.730. The average molecular weight is 341 g/mol. The van der Waals surface area contributed by atoms with E-state index >= 15 is 0 Å². The fourth-order valence-electron chi connectivity index (χ4n) is 2.32. The third kappa shape index (κ3) is 4.24. The lowest BCUT2D eigenvalue weighted by molar-refractivity contribution is -0.121. The van der Waals surface area contributed by atoms with Crippen molar-refractivity contribution in [3.05, 3.63) is 77.3 Å². The summed E-state index contributed by atoms with van der Waals surface area (Å²) in [7, 11) is 0. The Kier molecular flexibility index (Phi) is 5.29. The number of hydrogen-bond acceptors (Lipinski definition) is 3. The summed E-state index contributed by atoms with van der Waals surface area (Å²) >= 11 is 6.14. The molecule has 3 aromatic rings. The fourth-order valence-corrected chi connectivity index (χ4v) is 2.55. The second-order valence-corrected chi connectivity index (χ2v) is 5.77. The highest BCUT2D eigenvalue weighted by Gasteiger charge is 2.11. The number of amides is 1. The van der Waals surface area contributed by atoms with E-state index in [-0.39, 0.29) is 5.91 Å². The Morgan fingerprint density at radius 3 is 2.62 bits per heavy atom. The average Bonchev–Trinajstić information content (AvgIpc) is 3.08. The Balaban J connectivity index is 1.52. The molecule has 0 saturated carbocycles. The molecular formula is C19H17ClN2O2. The van der Waals surface area contributed by atoms with E-state index in [1.165, 1.54) is 0 Å². The summed E-state index contributed by atoms with van der Waals surface area (Å²) in [5.41, 5.74) is 1.87. The lowest BCUT2D eigenvalue weighted by Gasteiger charge is -2.04. The predicted molar refractivity (Wildman–Crippen MR) is 93.6 cm³/mol. The van der Waals surface area contributed by atoms with Gasteiger partial charge in [-0.05, 0) is 17.7 Å². The summed E-state index contributed by atoms with van der Waals surface area (Å²) in [5.74, 6) is 1.11. The number of nitrogens with one attached hydrogen (secondary N) is 1. The van der Waals surface area contributed by atoms with Gasteiger partial charge >= 0.3 is 0 Å². The second kappa shape index (κ2) is 7.79. The Morgan fingerprint density at radius 1 is 1.08 bits per heavy atom. The van der Waals surface area contributed by atoms with Crippen LogP contribution >= 0.6 is 11.6 Å². The van der Waals surface area contributed by atoms with E-state index < -0.39 is 0 Å². The third-order valence-corrected chi connectivity index (χ3v) is 3.92. The molecule has 0 saturated heterocycles. The molecule has 1 amide bonds. The molecule has 1 N–H and O–H groups in total. The van der Waals surface area contributed by atoms with Crippen LogP contribution in [0, 0.1) is 0 Å². The second-order valence-electron chi connectivity index (χ2n) is 5.36. The first kappa shape index (κ1) is 16.3. The van der Waals surface area contributed by atoms with Crippen LogP contribution in [-0.4, -0.2) is 10.9 Å². The van der Waals surface area contributed by atoms with Crippen molar-refractivity contribution in [3.63, 3.8) is 0 Å². The van der Waals surface area contributed by atoms with Crippen LogP contribution in [0.4, 0.5) is 0 Å². The van der Waals surface area contributed by atoms with Crippen LogP contribution in [0.2, 0.25) is 5.02 Å². The monoisotopic (exact) mass is 340 g/mol. The Labute approximate surface area is 145 Å².